The number of halogens is 4. The summed E-state index contributed by atoms with van der Waals surface area (Å²) in [5.41, 5.74) is -3.09. The Morgan fingerprint density at radius 1 is 1.18 bits per heavy atom. The molecule has 0 radical (unpaired) electrons. The van der Waals surface area contributed by atoms with E-state index in [2.05, 4.69) is 5.92 Å². The van der Waals surface area contributed by atoms with Gasteiger partial charge in [-0.3, -0.25) is 0 Å². The molecule has 0 atom stereocenters. The fourth-order valence-corrected chi connectivity index (χ4v) is 2.68. The molecule has 0 saturated carbocycles. The van der Waals surface area contributed by atoms with Crippen molar-refractivity contribution in [3.63, 3.8) is 0 Å². The highest BCUT2D eigenvalue weighted by Gasteiger charge is 2.53. The normalized spacial score (nSPS) is 19.3. The summed E-state index contributed by atoms with van der Waals surface area (Å²) in [6.45, 7) is 7.12. The number of ether oxygens (including phenoxy) is 1. The molecule has 0 aromatic heterocycles. The van der Waals surface area contributed by atoms with E-state index in [1.807, 2.05) is 0 Å². The lowest BCUT2D eigenvalue weighted by atomic mass is 9.81. The van der Waals surface area contributed by atoms with Gasteiger partial charge in [0, 0.05) is 0 Å². The molecule has 0 bridgehead atoms. The van der Waals surface area contributed by atoms with Crippen LogP contribution in [0.25, 0.3) is 5.57 Å². The first-order chi connectivity index (χ1) is 12.9. The third kappa shape index (κ3) is 4.96. The number of rotatable bonds is 6. The van der Waals surface area contributed by atoms with Crippen molar-refractivity contribution in [2.45, 2.75) is 51.5 Å². The third-order valence-electron chi connectivity index (χ3n) is 4.97. The molecular formula is C20H23BF4O3. The van der Waals surface area contributed by atoms with Gasteiger partial charge < -0.3 is 14.0 Å². The highest BCUT2D eigenvalue weighted by Crippen LogP contribution is 2.41. The molecule has 3 nitrogen and oxygen atoms in total. The van der Waals surface area contributed by atoms with Crippen LogP contribution in [0.5, 0.6) is 0 Å². The summed E-state index contributed by atoms with van der Waals surface area (Å²) in [5.74, 6) is 2.29. The molecule has 0 unspecified atom stereocenters. The van der Waals surface area contributed by atoms with Gasteiger partial charge in [-0.1, -0.05) is 18.1 Å². The first-order valence-corrected chi connectivity index (χ1v) is 8.82. The van der Waals surface area contributed by atoms with Crippen molar-refractivity contribution in [2.75, 3.05) is 13.2 Å². The molecule has 1 heterocycles. The molecule has 1 aliphatic rings. The summed E-state index contributed by atoms with van der Waals surface area (Å²) in [7, 11) is -1.32. The SMILES string of the molecule is C#CCOCCC(=C(F)B1OC(C)(C)C(C)(C)O1)c1cccc(C(F)(F)F)c1. The average molecular weight is 398 g/mol. The fraction of sp³-hybridized carbons (Fsp3) is 0.500. The molecule has 0 aliphatic carbocycles. The summed E-state index contributed by atoms with van der Waals surface area (Å²) in [5, 5.41) is 0. The molecule has 1 aromatic rings. The van der Waals surface area contributed by atoms with E-state index in [1.165, 1.54) is 12.1 Å². The van der Waals surface area contributed by atoms with Crippen LogP contribution in [-0.4, -0.2) is 31.5 Å². The van der Waals surface area contributed by atoms with Gasteiger partial charge in [0.2, 0.25) is 0 Å². The van der Waals surface area contributed by atoms with Gasteiger partial charge in [-0.2, -0.15) is 13.2 Å². The molecule has 1 aromatic carbocycles. The van der Waals surface area contributed by atoms with Crippen molar-refractivity contribution in [2.24, 2.45) is 0 Å². The number of benzene rings is 1. The van der Waals surface area contributed by atoms with Crippen molar-refractivity contribution >= 4 is 12.7 Å². The number of alkyl halides is 3. The molecular weight excluding hydrogens is 375 g/mol. The third-order valence-corrected chi connectivity index (χ3v) is 4.97. The van der Waals surface area contributed by atoms with E-state index < -0.39 is 35.8 Å². The van der Waals surface area contributed by atoms with E-state index in [4.69, 9.17) is 20.5 Å². The number of terminal acetylenes is 1. The van der Waals surface area contributed by atoms with Gasteiger partial charge >= 0.3 is 13.3 Å². The minimum absolute atomic E-state index is 0.0128. The van der Waals surface area contributed by atoms with Crippen LogP contribution < -0.4 is 0 Å². The lowest BCUT2D eigenvalue weighted by Crippen LogP contribution is -2.41. The Morgan fingerprint density at radius 3 is 2.32 bits per heavy atom. The van der Waals surface area contributed by atoms with Crippen LogP contribution in [0.2, 0.25) is 0 Å². The van der Waals surface area contributed by atoms with Crippen LogP contribution in [0.15, 0.2) is 30.0 Å². The van der Waals surface area contributed by atoms with Crippen LogP contribution in [-0.2, 0) is 20.2 Å². The van der Waals surface area contributed by atoms with Crippen molar-refractivity contribution < 1.29 is 31.6 Å². The quantitative estimate of drug-likeness (QED) is 0.290. The van der Waals surface area contributed by atoms with Gasteiger partial charge in [0.25, 0.3) is 0 Å². The van der Waals surface area contributed by atoms with Gasteiger partial charge in [0.1, 0.15) is 12.3 Å². The van der Waals surface area contributed by atoms with E-state index >= 15 is 4.39 Å². The van der Waals surface area contributed by atoms with Gasteiger partial charge in [-0.25, -0.2) is 4.39 Å². The zero-order chi connectivity index (χ0) is 21.2. The summed E-state index contributed by atoms with van der Waals surface area (Å²) < 4.78 is 71.2. The first kappa shape index (κ1) is 22.5. The van der Waals surface area contributed by atoms with Crippen LogP contribution >= 0.6 is 0 Å². The molecule has 1 fully saturated rings. The van der Waals surface area contributed by atoms with Gasteiger partial charge in [-0.05, 0) is 57.4 Å². The average Bonchev–Trinajstić information content (AvgIpc) is 2.81. The van der Waals surface area contributed by atoms with Gasteiger partial charge in [0.15, 0.2) is 0 Å². The summed E-state index contributed by atoms with van der Waals surface area (Å²) in [6, 6.07) is 4.48. The highest BCUT2D eigenvalue weighted by atomic mass is 19.4. The Hall–Kier alpha value is -1.82. The molecule has 28 heavy (non-hydrogen) atoms. The summed E-state index contributed by atoms with van der Waals surface area (Å²) >= 11 is 0. The molecule has 0 spiro atoms. The lowest BCUT2D eigenvalue weighted by molar-refractivity contribution is -0.137. The standard InChI is InChI=1S/C20H23BF4O3/c1-6-11-26-12-10-16(14-8-7-9-15(13-14)20(23,24)25)17(22)21-27-18(2,3)19(4,5)28-21/h1,7-9,13H,10-12H2,2-5H3. The van der Waals surface area contributed by atoms with Gasteiger partial charge in [-0.15, -0.1) is 6.42 Å². The number of hydrogen-bond acceptors (Lipinski definition) is 3. The summed E-state index contributed by atoms with van der Waals surface area (Å²) in [4.78, 5) is 0. The van der Waals surface area contributed by atoms with Crippen LogP contribution in [0.4, 0.5) is 17.6 Å². The van der Waals surface area contributed by atoms with Crippen molar-refractivity contribution in [3.8, 4) is 12.3 Å². The predicted molar refractivity (Wildman–Crippen MR) is 99.8 cm³/mol. The van der Waals surface area contributed by atoms with E-state index in [0.717, 1.165) is 12.1 Å². The fourth-order valence-electron chi connectivity index (χ4n) is 2.68. The Kier molecular flexibility index (Phi) is 6.64. The van der Waals surface area contributed by atoms with Crippen LogP contribution in [0.1, 0.15) is 45.2 Å². The van der Waals surface area contributed by atoms with Crippen molar-refractivity contribution in [1.82, 2.24) is 0 Å². The smallest absolute Gasteiger partial charge is 0.398 e. The highest BCUT2D eigenvalue weighted by molar-refractivity contribution is 6.55. The second-order valence-corrected chi connectivity index (χ2v) is 7.50. The molecule has 1 saturated heterocycles. The maximum Gasteiger partial charge on any atom is 0.525 e. The predicted octanol–water partition coefficient (Wildman–Crippen LogP) is 5.06. The van der Waals surface area contributed by atoms with Crippen molar-refractivity contribution in [3.05, 3.63) is 41.1 Å². The monoisotopic (exact) mass is 398 g/mol. The molecule has 0 amide bonds. The largest absolute Gasteiger partial charge is 0.525 e. The van der Waals surface area contributed by atoms with Crippen molar-refractivity contribution in [1.29, 1.82) is 0 Å². The molecule has 0 N–H and O–H groups in total. The second-order valence-electron chi connectivity index (χ2n) is 7.50. The molecule has 8 heteroatoms. The van der Waals surface area contributed by atoms with E-state index in [-0.39, 0.29) is 30.8 Å². The van der Waals surface area contributed by atoms with Crippen LogP contribution in [0.3, 0.4) is 0 Å². The zero-order valence-corrected chi connectivity index (χ0v) is 16.3. The minimum Gasteiger partial charge on any atom is -0.398 e. The topological polar surface area (TPSA) is 27.7 Å². The zero-order valence-electron chi connectivity index (χ0n) is 16.3. The maximum atomic E-state index is 15.3. The molecule has 1 aliphatic heterocycles. The molecule has 2 rings (SSSR count). The summed E-state index contributed by atoms with van der Waals surface area (Å²) in [6.07, 6.45) is 0.590. The Morgan fingerprint density at radius 2 is 1.79 bits per heavy atom. The molecule has 152 valence electrons. The van der Waals surface area contributed by atoms with E-state index in [0.29, 0.717) is 0 Å². The second kappa shape index (κ2) is 8.28. The lowest BCUT2D eigenvalue weighted by Gasteiger charge is -2.32. The Bertz CT molecular complexity index is 762. The number of hydrogen-bond donors (Lipinski definition) is 0. The van der Waals surface area contributed by atoms with E-state index in [1.54, 1.807) is 27.7 Å². The first-order valence-electron chi connectivity index (χ1n) is 8.82. The maximum absolute atomic E-state index is 15.3. The van der Waals surface area contributed by atoms with Crippen LogP contribution in [0, 0.1) is 12.3 Å². The van der Waals surface area contributed by atoms with E-state index in [9.17, 15) is 13.2 Å². The van der Waals surface area contributed by atoms with Gasteiger partial charge in [0.05, 0.1) is 23.4 Å². The Balaban J connectivity index is 2.42. The Labute approximate surface area is 163 Å². The minimum atomic E-state index is -4.54.